The third-order valence-corrected chi connectivity index (χ3v) is 2.91. The van der Waals surface area contributed by atoms with E-state index in [9.17, 15) is 14.5 Å². The molecule has 5 nitrogen and oxygen atoms in total. The van der Waals surface area contributed by atoms with Crippen LogP contribution in [0.1, 0.15) is 11.1 Å². The molecule has 0 radical (unpaired) electrons. The Balaban J connectivity index is 1.88. The fraction of sp³-hybridized carbons (Fsp3) is 0.214. The second kappa shape index (κ2) is 6.72. The Labute approximate surface area is 115 Å². The van der Waals surface area contributed by atoms with Crippen molar-refractivity contribution in [2.24, 2.45) is 0 Å². The summed E-state index contributed by atoms with van der Waals surface area (Å²) in [6, 6.07) is 8.02. The van der Waals surface area contributed by atoms with Crippen LogP contribution in [-0.2, 0) is 13.0 Å². The number of rotatable bonds is 6. The Bertz CT molecular complexity index is 590. The van der Waals surface area contributed by atoms with Crippen LogP contribution in [0, 0.1) is 15.9 Å². The summed E-state index contributed by atoms with van der Waals surface area (Å²) < 4.78 is 13.8. The predicted molar refractivity (Wildman–Crippen MR) is 72.7 cm³/mol. The van der Waals surface area contributed by atoms with Gasteiger partial charge >= 0.3 is 5.69 Å². The van der Waals surface area contributed by atoms with Gasteiger partial charge in [-0.25, -0.2) is 0 Å². The summed E-state index contributed by atoms with van der Waals surface area (Å²) in [7, 11) is 0. The summed E-state index contributed by atoms with van der Waals surface area (Å²) in [6.45, 7) is 0.921. The normalized spacial score (nSPS) is 10.4. The summed E-state index contributed by atoms with van der Waals surface area (Å²) in [5.41, 5.74) is 0.944. The monoisotopic (exact) mass is 275 g/mol. The fourth-order valence-electron chi connectivity index (χ4n) is 1.85. The maximum absolute atomic E-state index is 13.8. The molecule has 0 spiro atoms. The zero-order valence-corrected chi connectivity index (χ0v) is 10.8. The summed E-state index contributed by atoms with van der Waals surface area (Å²) in [5, 5.41) is 13.7. The minimum atomic E-state index is -0.770. The molecule has 0 bridgehead atoms. The molecule has 0 aliphatic rings. The molecule has 1 N–H and O–H groups in total. The number of pyridine rings is 1. The predicted octanol–water partition coefficient (Wildman–Crippen LogP) is 2.46. The standard InChI is InChI=1S/C14H14FN3O2/c15-14-12(2-1-3-13(14)18(19)20)10-17-9-6-11-4-7-16-8-5-11/h1-5,7-8,17H,6,9-10H2. The van der Waals surface area contributed by atoms with Gasteiger partial charge in [0.05, 0.1) is 4.92 Å². The molecule has 0 aliphatic carbocycles. The molecule has 0 fully saturated rings. The van der Waals surface area contributed by atoms with E-state index in [0.29, 0.717) is 12.1 Å². The minimum Gasteiger partial charge on any atom is -0.312 e. The van der Waals surface area contributed by atoms with Crippen LogP contribution in [0.5, 0.6) is 0 Å². The van der Waals surface area contributed by atoms with Crippen molar-refractivity contribution in [3.8, 4) is 0 Å². The van der Waals surface area contributed by atoms with Gasteiger partial charge in [0.1, 0.15) is 0 Å². The molecule has 6 heteroatoms. The van der Waals surface area contributed by atoms with E-state index in [1.807, 2.05) is 12.1 Å². The van der Waals surface area contributed by atoms with Crippen molar-refractivity contribution in [2.75, 3.05) is 6.54 Å². The Kier molecular flexibility index (Phi) is 4.73. The lowest BCUT2D eigenvalue weighted by molar-refractivity contribution is -0.387. The maximum atomic E-state index is 13.8. The molecule has 104 valence electrons. The molecule has 1 aromatic heterocycles. The number of nitrogens with zero attached hydrogens (tertiary/aromatic N) is 2. The van der Waals surface area contributed by atoms with Crippen LogP contribution in [0.3, 0.4) is 0 Å². The highest BCUT2D eigenvalue weighted by atomic mass is 19.1. The lowest BCUT2D eigenvalue weighted by Gasteiger charge is -2.06. The number of nitro benzene ring substituents is 1. The Hall–Kier alpha value is -2.34. The van der Waals surface area contributed by atoms with Crippen LogP contribution in [-0.4, -0.2) is 16.5 Å². The highest BCUT2D eigenvalue weighted by molar-refractivity contribution is 5.36. The Morgan fingerprint density at radius 3 is 2.70 bits per heavy atom. The first kappa shape index (κ1) is 14.1. The van der Waals surface area contributed by atoms with Gasteiger partial charge < -0.3 is 5.32 Å². The van der Waals surface area contributed by atoms with E-state index in [1.165, 1.54) is 6.07 Å². The highest BCUT2D eigenvalue weighted by Crippen LogP contribution is 2.19. The van der Waals surface area contributed by atoms with Crippen LogP contribution in [0.4, 0.5) is 10.1 Å². The SMILES string of the molecule is O=[N+]([O-])c1cccc(CNCCc2ccncc2)c1F. The first-order valence-electron chi connectivity index (χ1n) is 6.20. The second-order valence-electron chi connectivity index (χ2n) is 4.29. The zero-order valence-electron chi connectivity index (χ0n) is 10.8. The molecular formula is C14H14FN3O2. The summed E-state index contributed by atoms with van der Waals surface area (Å²) in [4.78, 5) is 13.8. The summed E-state index contributed by atoms with van der Waals surface area (Å²) in [5.74, 6) is -0.770. The van der Waals surface area contributed by atoms with Gasteiger partial charge in [-0.05, 0) is 30.7 Å². The average molecular weight is 275 g/mol. The van der Waals surface area contributed by atoms with E-state index in [0.717, 1.165) is 18.1 Å². The summed E-state index contributed by atoms with van der Waals surface area (Å²) >= 11 is 0. The first-order valence-corrected chi connectivity index (χ1v) is 6.20. The molecule has 0 saturated carbocycles. The van der Waals surface area contributed by atoms with Crippen LogP contribution >= 0.6 is 0 Å². The van der Waals surface area contributed by atoms with Crippen molar-refractivity contribution < 1.29 is 9.31 Å². The lowest BCUT2D eigenvalue weighted by Crippen LogP contribution is -2.17. The molecule has 2 aromatic rings. The van der Waals surface area contributed by atoms with E-state index in [4.69, 9.17) is 0 Å². The molecule has 0 atom stereocenters. The van der Waals surface area contributed by atoms with Crippen molar-refractivity contribution in [1.29, 1.82) is 0 Å². The van der Waals surface area contributed by atoms with E-state index < -0.39 is 16.4 Å². The number of hydrogen-bond donors (Lipinski definition) is 1. The van der Waals surface area contributed by atoms with Crippen LogP contribution in [0.2, 0.25) is 0 Å². The van der Waals surface area contributed by atoms with Crippen molar-refractivity contribution >= 4 is 5.69 Å². The topological polar surface area (TPSA) is 68.1 Å². The lowest BCUT2D eigenvalue weighted by atomic mass is 10.1. The van der Waals surface area contributed by atoms with E-state index in [1.54, 1.807) is 18.5 Å². The third-order valence-electron chi connectivity index (χ3n) is 2.91. The van der Waals surface area contributed by atoms with E-state index in [2.05, 4.69) is 10.3 Å². The van der Waals surface area contributed by atoms with Crippen molar-refractivity contribution in [3.05, 3.63) is 69.8 Å². The van der Waals surface area contributed by atoms with Gasteiger partial charge in [0.15, 0.2) is 0 Å². The van der Waals surface area contributed by atoms with Gasteiger partial charge in [-0.2, -0.15) is 4.39 Å². The Morgan fingerprint density at radius 1 is 1.25 bits per heavy atom. The quantitative estimate of drug-likeness (QED) is 0.499. The number of benzene rings is 1. The van der Waals surface area contributed by atoms with E-state index in [-0.39, 0.29) is 6.54 Å². The number of nitrogens with one attached hydrogen (secondary N) is 1. The van der Waals surface area contributed by atoms with Gasteiger partial charge in [0.25, 0.3) is 0 Å². The van der Waals surface area contributed by atoms with Crippen LogP contribution in [0.15, 0.2) is 42.7 Å². The first-order chi connectivity index (χ1) is 9.68. The van der Waals surface area contributed by atoms with Crippen molar-refractivity contribution in [2.45, 2.75) is 13.0 Å². The van der Waals surface area contributed by atoms with Crippen molar-refractivity contribution in [3.63, 3.8) is 0 Å². The van der Waals surface area contributed by atoms with Gasteiger partial charge in [-0.1, -0.05) is 12.1 Å². The molecule has 0 saturated heterocycles. The smallest absolute Gasteiger partial charge is 0.305 e. The molecule has 0 unspecified atom stereocenters. The molecule has 1 heterocycles. The van der Waals surface area contributed by atoms with Gasteiger partial charge in [-0.15, -0.1) is 0 Å². The number of halogens is 1. The molecule has 2 rings (SSSR count). The maximum Gasteiger partial charge on any atom is 0.305 e. The number of nitro groups is 1. The molecule has 1 aromatic carbocycles. The fourth-order valence-corrected chi connectivity index (χ4v) is 1.85. The van der Waals surface area contributed by atoms with Gasteiger partial charge in [0.2, 0.25) is 5.82 Å². The second-order valence-corrected chi connectivity index (χ2v) is 4.29. The van der Waals surface area contributed by atoms with Gasteiger partial charge in [0, 0.05) is 30.6 Å². The molecule has 0 aliphatic heterocycles. The number of aromatic nitrogens is 1. The largest absolute Gasteiger partial charge is 0.312 e. The molecular weight excluding hydrogens is 261 g/mol. The van der Waals surface area contributed by atoms with Crippen LogP contribution in [0.25, 0.3) is 0 Å². The molecule has 20 heavy (non-hydrogen) atoms. The Morgan fingerprint density at radius 2 is 2.00 bits per heavy atom. The molecule has 0 amide bonds. The van der Waals surface area contributed by atoms with E-state index >= 15 is 0 Å². The average Bonchev–Trinajstić information content (AvgIpc) is 2.46. The van der Waals surface area contributed by atoms with Crippen LogP contribution < -0.4 is 5.32 Å². The summed E-state index contributed by atoms with van der Waals surface area (Å²) in [6.07, 6.45) is 4.23. The third kappa shape index (κ3) is 3.58. The highest BCUT2D eigenvalue weighted by Gasteiger charge is 2.16. The zero-order chi connectivity index (χ0) is 14.4. The van der Waals surface area contributed by atoms with Crippen molar-refractivity contribution in [1.82, 2.24) is 10.3 Å². The van der Waals surface area contributed by atoms with Gasteiger partial charge in [-0.3, -0.25) is 15.1 Å². The number of hydrogen-bond acceptors (Lipinski definition) is 4. The minimum absolute atomic E-state index is 0.262.